The summed E-state index contributed by atoms with van der Waals surface area (Å²) in [6.45, 7) is 7.91. The molecule has 0 bridgehead atoms. The fourth-order valence-corrected chi connectivity index (χ4v) is 3.08. The average Bonchev–Trinajstić information content (AvgIpc) is 3.07. The molecule has 0 amide bonds. The van der Waals surface area contributed by atoms with Gasteiger partial charge in [-0.05, 0) is 48.4 Å². The maximum atomic E-state index is 5.39. The minimum absolute atomic E-state index is 0.489. The van der Waals surface area contributed by atoms with E-state index in [1.807, 2.05) is 6.07 Å². The molecule has 0 spiro atoms. The molecule has 2 unspecified atom stereocenters. The van der Waals surface area contributed by atoms with Gasteiger partial charge in [0.1, 0.15) is 0 Å². The van der Waals surface area contributed by atoms with E-state index in [9.17, 15) is 0 Å². The number of benzene rings is 1. The van der Waals surface area contributed by atoms with Crippen molar-refractivity contribution >= 4 is 0 Å². The summed E-state index contributed by atoms with van der Waals surface area (Å²) in [7, 11) is 3.36. The minimum Gasteiger partial charge on any atom is -0.493 e. The van der Waals surface area contributed by atoms with E-state index >= 15 is 0 Å². The zero-order valence-corrected chi connectivity index (χ0v) is 13.3. The fourth-order valence-electron chi connectivity index (χ4n) is 3.08. The van der Waals surface area contributed by atoms with Crippen molar-refractivity contribution in [2.24, 2.45) is 11.3 Å². The molecule has 1 aromatic carbocycles. The second kappa shape index (κ2) is 6.04. The summed E-state index contributed by atoms with van der Waals surface area (Å²) in [6.07, 6.45) is 2.36. The summed E-state index contributed by atoms with van der Waals surface area (Å²) in [5, 5.41) is 3.64. The Bertz CT molecular complexity index is 456. The van der Waals surface area contributed by atoms with Gasteiger partial charge in [0, 0.05) is 6.04 Å². The number of ether oxygens (including phenoxy) is 2. The average molecular weight is 277 g/mol. The highest BCUT2D eigenvalue weighted by Gasteiger charge is 2.49. The number of methoxy groups -OCH3 is 2. The number of hydrogen-bond donors (Lipinski definition) is 1. The van der Waals surface area contributed by atoms with Crippen molar-refractivity contribution in [2.75, 3.05) is 20.8 Å². The fraction of sp³-hybridized carbons (Fsp3) is 0.647. The van der Waals surface area contributed by atoms with E-state index in [0.29, 0.717) is 11.5 Å². The van der Waals surface area contributed by atoms with Crippen LogP contribution in [0.3, 0.4) is 0 Å². The minimum atomic E-state index is 0.489. The molecule has 0 aromatic heterocycles. The molecule has 1 saturated carbocycles. The van der Waals surface area contributed by atoms with E-state index in [-0.39, 0.29) is 0 Å². The zero-order chi connectivity index (χ0) is 14.8. The molecule has 2 rings (SSSR count). The van der Waals surface area contributed by atoms with Crippen LogP contribution in [-0.4, -0.2) is 26.8 Å². The summed E-state index contributed by atoms with van der Waals surface area (Å²) < 4.78 is 10.7. The highest BCUT2D eigenvalue weighted by molar-refractivity contribution is 5.43. The van der Waals surface area contributed by atoms with Crippen molar-refractivity contribution in [3.05, 3.63) is 23.8 Å². The molecule has 3 heteroatoms. The van der Waals surface area contributed by atoms with E-state index < -0.39 is 0 Å². The van der Waals surface area contributed by atoms with Crippen molar-refractivity contribution < 1.29 is 9.47 Å². The number of nitrogens with one attached hydrogen (secondary N) is 1. The quantitative estimate of drug-likeness (QED) is 0.829. The molecule has 1 N–H and O–H groups in total. The first-order chi connectivity index (χ1) is 9.51. The van der Waals surface area contributed by atoms with Crippen LogP contribution in [0.1, 0.15) is 32.8 Å². The molecule has 1 aromatic rings. The third-order valence-electron chi connectivity index (χ3n) is 4.45. The monoisotopic (exact) mass is 277 g/mol. The second-order valence-corrected chi connectivity index (χ2v) is 6.36. The molecule has 1 fully saturated rings. The van der Waals surface area contributed by atoms with Gasteiger partial charge in [0.25, 0.3) is 0 Å². The molecule has 2 atom stereocenters. The van der Waals surface area contributed by atoms with Crippen LogP contribution in [0.15, 0.2) is 18.2 Å². The largest absolute Gasteiger partial charge is 0.493 e. The first-order valence-corrected chi connectivity index (χ1v) is 7.46. The summed E-state index contributed by atoms with van der Waals surface area (Å²) in [6, 6.07) is 6.78. The van der Waals surface area contributed by atoms with Crippen LogP contribution in [0, 0.1) is 11.3 Å². The predicted molar refractivity (Wildman–Crippen MR) is 82.6 cm³/mol. The third-order valence-corrected chi connectivity index (χ3v) is 4.45. The molecule has 112 valence electrons. The third kappa shape index (κ3) is 3.26. The molecule has 0 saturated heterocycles. The van der Waals surface area contributed by atoms with Crippen molar-refractivity contribution in [2.45, 2.75) is 39.7 Å². The Hall–Kier alpha value is -1.22. The van der Waals surface area contributed by atoms with Crippen LogP contribution in [0.5, 0.6) is 11.5 Å². The van der Waals surface area contributed by atoms with E-state index in [0.717, 1.165) is 30.4 Å². The summed E-state index contributed by atoms with van der Waals surface area (Å²) in [5.41, 5.74) is 1.79. The molecule has 1 aliphatic carbocycles. The SMILES string of the molecule is CCNC(Cc1ccc(OC)c(OC)c1)C1CC1(C)C. The van der Waals surface area contributed by atoms with Gasteiger partial charge in [0.2, 0.25) is 0 Å². The lowest BCUT2D eigenvalue weighted by atomic mass is 9.97. The Labute approximate surface area is 122 Å². The van der Waals surface area contributed by atoms with Gasteiger partial charge in [-0.2, -0.15) is 0 Å². The van der Waals surface area contributed by atoms with Crippen molar-refractivity contribution in [3.63, 3.8) is 0 Å². The standard InChI is InChI=1S/C17H27NO2/c1-6-18-14(13-11-17(13,2)3)9-12-7-8-15(19-4)16(10-12)20-5/h7-8,10,13-14,18H,6,9,11H2,1-5H3. The van der Waals surface area contributed by atoms with Crippen LogP contribution < -0.4 is 14.8 Å². The van der Waals surface area contributed by atoms with Gasteiger partial charge in [-0.25, -0.2) is 0 Å². The lowest BCUT2D eigenvalue weighted by molar-refractivity contribution is 0.353. The van der Waals surface area contributed by atoms with Crippen molar-refractivity contribution in [1.82, 2.24) is 5.32 Å². The molecule has 0 heterocycles. The maximum Gasteiger partial charge on any atom is 0.160 e. The van der Waals surface area contributed by atoms with Gasteiger partial charge in [0.05, 0.1) is 14.2 Å². The zero-order valence-electron chi connectivity index (χ0n) is 13.3. The van der Waals surface area contributed by atoms with Crippen LogP contribution >= 0.6 is 0 Å². The topological polar surface area (TPSA) is 30.5 Å². The van der Waals surface area contributed by atoms with E-state index in [1.165, 1.54) is 12.0 Å². The van der Waals surface area contributed by atoms with Crippen LogP contribution in [-0.2, 0) is 6.42 Å². The van der Waals surface area contributed by atoms with E-state index in [2.05, 4.69) is 38.2 Å². The van der Waals surface area contributed by atoms with Gasteiger partial charge in [-0.1, -0.05) is 26.8 Å². The predicted octanol–water partition coefficient (Wildman–Crippen LogP) is 3.27. The van der Waals surface area contributed by atoms with Gasteiger partial charge in [-0.15, -0.1) is 0 Å². The van der Waals surface area contributed by atoms with Crippen LogP contribution in [0.25, 0.3) is 0 Å². The summed E-state index contributed by atoms with van der Waals surface area (Å²) in [5.74, 6) is 2.38. The van der Waals surface area contributed by atoms with Crippen LogP contribution in [0.4, 0.5) is 0 Å². The Morgan fingerprint density at radius 1 is 1.25 bits per heavy atom. The number of rotatable bonds is 7. The molecular formula is C17H27NO2. The molecule has 0 aliphatic heterocycles. The Morgan fingerprint density at radius 2 is 1.90 bits per heavy atom. The Kier molecular flexibility index (Phi) is 4.59. The molecular weight excluding hydrogens is 250 g/mol. The normalized spacial score (nSPS) is 21.4. The lowest BCUT2D eigenvalue weighted by Gasteiger charge is -2.20. The Balaban J connectivity index is 2.10. The van der Waals surface area contributed by atoms with Gasteiger partial charge in [0.15, 0.2) is 11.5 Å². The highest BCUT2D eigenvalue weighted by atomic mass is 16.5. The first-order valence-electron chi connectivity index (χ1n) is 7.46. The molecule has 3 nitrogen and oxygen atoms in total. The second-order valence-electron chi connectivity index (χ2n) is 6.36. The number of likely N-dealkylation sites (N-methyl/N-ethyl adjacent to an activating group) is 1. The summed E-state index contributed by atoms with van der Waals surface area (Å²) >= 11 is 0. The molecule has 20 heavy (non-hydrogen) atoms. The summed E-state index contributed by atoms with van der Waals surface area (Å²) in [4.78, 5) is 0. The maximum absolute atomic E-state index is 5.39. The van der Waals surface area contributed by atoms with Crippen LogP contribution in [0.2, 0.25) is 0 Å². The highest BCUT2D eigenvalue weighted by Crippen LogP contribution is 2.54. The van der Waals surface area contributed by atoms with Gasteiger partial charge in [-0.3, -0.25) is 0 Å². The van der Waals surface area contributed by atoms with E-state index in [1.54, 1.807) is 14.2 Å². The van der Waals surface area contributed by atoms with Gasteiger partial charge >= 0.3 is 0 Å². The van der Waals surface area contributed by atoms with E-state index in [4.69, 9.17) is 9.47 Å². The molecule has 0 radical (unpaired) electrons. The molecule has 1 aliphatic rings. The smallest absolute Gasteiger partial charge is 0.160 e. The number of hydrogen-bond acceptors (Lipinski definition) is 3. The lowest BCUT2D eigenvalue weighted by Crippen LogP contribution is -2.34. The Morgan fingerprint density at radius 3 is 2.40 bits per heavy atom. The van der Waals surface area contributed by atoms with Crippen molar-refractivity contribution in [1.29, 1.82) is 0 Å². The van der Waals surface area contributed by atoms with Crippen molar-refractivity contribution in [3.8, 4) is 11.5 Å². The van der Waals surface area contributed by atoms with Gasteiger partial charge < -0.3 is 14.8 Å². The first kappa shape index (κ1) is 15.2.